The number of hydrogen-bond acceptors (Lipinski definition) is 5. The van der Waals surface area contributed by atoms with Crippen LogP contribution >= 0.6 is 0 Å². The van der Waals surface area contributed by atoms with E-state index in [1.54, 1.807) is 30.5 Å². The highest BCUT2D eigenvalue weighted by atomic mass is 32.2. The maximum Gasteiger partial charge on any atom is 0.308 e. The Morgan fingerprint density at radius 3 is 2.67 bits per heavy atom. The van der Waals surface area contributed by atoms with Crippen molar-refractivity contribution in [3.05, 3.63) is 42.6 Å². The fraction of sp³-hybridized carbons (Fsp3) is 0.263. The number of benzene rings is 1. The van der Waals surface area contributed by atoms with E-state index >= 15 is 0 Å². The summed E-state index contributed by atoms with van der Waals surface area (Å²) in [5, 5.41) is 3.78. The van der Waals surface area contributed by atoms with E-state index in [0.29, 0.717) is 11.5 Å². The molecule has 3 aromatic rings. The summed E-state index contributed by atoms with van der Waals surface area (Å²) in [5.74, 6) is 0.750. The number of pyridine rings is 1. The Balaban J connectivity index is 1.67. The van der Waals surface area contributed by atoms with Gasteiger partial charge in [-0.3, -0.25) is 4.79 Å². The number of nitrogens with zero attached hydrogens (tertiary/aromatic N) is 1. The van der Waals surface area contributed by atoms with E-state index in [0.717, 1.165) is 29.4 Å². The number of H-pyrrole nitrogens is 1. The van der Waals surface area contributed by atoms with Gasteiger partial charge in [-0.15, -0.1) is 0 Å². The standard InChI is InChI=1S/C19H19N3O4S/c1-2-27(24,25)26-14-7-5-12(6-8-14)16-11-17(22-19(23)13-3-4-13)21-18-15(16)9-10-20-18/h5-11,13H,2-4H2,1H3,(H2,20,21,22,23). The molecule has 0 radical (unpaired) electrons. The summed E-state index contributed by atoms with van der Waals surface area (Å²) in [6, 6.07) is 10.5. The van der Waals surface area contributed by atoms with E-state index in [2.05, 4.69) is 15.3 Å². The second-order valence-electron chi connectivity index (χ2n) is 6.51. The number of aromatic nitrogens is 2. The second kappa shape index (κ2) is 6.70. The molecule has 2 aromatic heterocycles. The summed E-state index contributed by atoms with van der Waals surface area (Å²) in [4.78, 5) is 19.6. The van der Waals surface area contributed by atoms with Gasteiger partial charge in [0.1, 0.15) is 17.2 Å². The molecule has 0 bridgehead atoms. The number of carbonyl (C=O) groups is 1. The third-order valence-electron chi connectivity index (χ3n) is 4.47. The monoisotopic (exact) mass is 385 g/mol. The molecule has 1 amide bonds. The van der Waals surface area contributed by atoms with Gasteiger partial charge < -0.3 is 14.5 Å². The normalized spacial score (nSPS) is 14.3. The summed E-state index contributed by atoms with van der Waals surface area (Å²) in [5.41, 5.74) is 2.43. The van der Waals surface area contributed by atoms with Crippen molar-refractivity contribution in [2.45, 2.75) is 19.8 Å². The number of amides is 1. The number of hydrogen-bond donors (Lipinski definition) is 2. The number of rotatable bonds is 6. The minimum absolute atomic E-state index is 0.00660. The van der Waals surface area contributed by atoms with Crippen LogP contribution in [0.4, 0.5) is 5.82 Å². The molecule has 7 nitrogen and oxygen atoms in total. The molecule has 8 heteroatoms. The molecule has 27 heavy (non-hydrogen) atoms. The second-order valence-corrected chi connectivity index (χ2v) is 8.37. The fourth-order valence-electron chi connectivity index (χ4n) is 2.81. The third-order valence-corrected chi connectivity index (χ3v) is 5.62. The Hall–Kier alpha value is -2.87. The largest absolute Gasteiger partial charge is 0.382 e. The molecule has 0 saturated heterocycles. The van der Waals surface area contributed by atoms with Crippen molar-refractivity contribution in [1.82, 2.24) is 9.97 Å². The fourth-order valence-corrected chi connectivity index (χ4v) is 3.33. The van der Waals surface area contributed by atoms with Gasteiger partial charge in [-0.05, 0) is 55.2 Å². The summed E-state index contributed by atoms with van der Waals surface area (Å²) >= 11 is 0. The lowest BCUT2D eigenvalue weighted by Crippen LogP contribution is -2.14. The average Bonchev–Trinajstić information content (AvgIpc) is 3.40. The summed E-state index contributed by atoms with van der Waals surface area (Å²) < 4.78 is 28.2. The highest BCUT2D eigenvalue weighted by Crippen LogP contribution is 2.33. The van der Waals surface area contributed by atoms with Crippen molar-refractivity contribution < 1.29 is 17.4 Å². The molecule has 2 heterocycles. The molecule has 2 N–H and O–H groups in total. The Bertz CT molecular complexity index is 1100. The van der Waals surface area contributed by atoms with Crippen LogP contribution in [0, 0.1) is 5.92 Å². The van der Waals surface area contributed by atoms with E-state index in [4.69, 9.17) is 4.18 Å². The highest BCUT2D eigenvalue weighted by Gasteiger charge is 2.30. The van der Waals surface area contributed by atoms with Crippen molar-refractivity contribution in [2.75, 3.05) is 11.1 Å². The number of anilines is 1. The molecule has 1 saturated carbocycles. The Labute approximate surface area is 156 Å². The van der Waals surface area contributed by atoms with E-state index in [1.165, 1.54) is 6.92 Å². The lowest BCUT2D eigenvalue weighted by molar-refractivity contribution is -0.117. The Morgan fingerprint density at radius 1 is 1.26 bits per heavy atom. The van der Waals surface area contributed by atoms with Gasteiger partial charge in [-0.25, -0.2) is 4.98 Å². The van der Waals surface area contributed by atoms with Crippen molar-refractivity contribution in [1.29, 1.82) is 0 Å². The van der Waals surface area contributed by atoms with E-state index in [1.807, 2.05) is 12.1 Å². The van der Waals surface area contributed by atoms with Crippen molar-refractivity contribution in [3.8, 4) is 16.9 Å². The summed E-state index contributed by atoms with van der Waals surface area (Å²) in [6.45, 7) is 1.53. The van der Waals surface area contributed by atoms with Gasteiger partial charge in [-0.1, -0.05) is 12.1 Å². The first kappa shape index (κ1) is 17.5. The van der Waals surface area contributed by atoms with Gasteiger partial charge in [0.15, 0.2) is 0 Å². The molecular formula is C19H19N3O4S. The molecular weight excluding hydrogens is 366 g/mol. The first-order chi connectivity index (χ1) is 12.9. The smallest absolute Gasteiger partial charge is 0.308 e. The molecule has 1 fully saturated rings. The van der Waals surface area contributed by atoms with E-state index in [9.17, 15) is 13.2 Å². The Kier molecular flexibility index (Phi) is 4.35. The molecule has 1 aliphatic rings. The van der Waals surface area contributed by atoms with Crippen LogP contribution in [0.25, 0.3) is 22.2 Å². The van der Waals surface area contributed by atoms with Crippen LogP contribution in [0.1, 0.15) is 19.8 Å². The van der Waals surface area contributed by atoms with E-state index < -0.39 is 10.1 Å². The van der Waals surface area contributed by atoms with Crippen LogP contribution in [0.3, 0.4) is 0 Å². The number of nitrogens with one attached hydrogen (secondary N) is 2. The first-order valence-corrected chi connectivity index (χ1v) is 10.3. The molecule has 140 valence electrons. The lowest BCUT2D eigenvalue weighted by atomic mass is 10.0. The molecule has 0 spiro atoms. The highest BCUT2D eigenvalue weighted by molar-refractivity contribution is 7.87. The van der Waals surface area contributed by atoms with Crippen molar-refractivity contribution in [2.24, 2.45) is 5.92 Å². The molecule has 4 rings (SSSR count). The molecule has 1 aromatic carbocycles. The van der Waals surface area contributed by atoms with Crippen molar-refractivity contribution in [3.63, 3.8) is 0 Å². The predicted octanol–water partition coefficient (Wildman–Crippen LogP) is 3.31. The van der Waals surface area contributed by atoms with Gasteiger partial charge in [-0.2, -0.15) is 8.42 Å². The summed E-state index contributed by atoms with van der Waals surface area (Å²) in [7, 11) is -3.56. The lowest BCUT2D eigenvalue weighted by Gasteiger charge is -2.10. The quantitative estimate of drug-likeness (QED) is 0.634. The first-order valence-electron chi connectivity index (χ1n) is 8.77. The molecule has 1 aliphatic carbocycles. The van der Waals surface area contributed by atoms with E-state index in [-0.39, 0.29) is 23.3 Å². The van der Waals surface area contributed by atoms with Crippen molar-refractivity contribution >= 4 is 32.9 Å². The van der Waals surface area contributed by atoms with Crippen LogP contribution < -0.4 is 9.50 Å². The minimum Gasteiger partial charge on any atom is -0.382 e. The zero-order chi connectivity index (χ0) is 19.0. The summed E-state index contributed by atoms with van der Waals surface area (Å²) in [6.07, 6.45) is 3.64. The number of aromatic amines is 1. The zero-order valence-electron chi connectivity index (χ0n) is 14.7. The van der Waals surface area contributed by atoms with Crippen LogP contribution in [0.5, 0.6) is 5.75 Å². The predicted molar refractivity (Wildman–Crippen MR) is 103 cm³/mol. The molecule has 0 atom stereocenters. The Morgan fingerprint density at radius 2 is 2.00 bits per heavy atom. The van der Waals surface area contributed by atoms with Crippen LogP contribution in [0.15, 0.2) is 42.6 Å². The third kappa shape index (κ3) is 3.80. The van der Waals surface area contributed by atoms with Gasteiger partial charge in [0, 0.05) is 17.5 Å². The maximum absolute atomic E-state index is 12.1. The van der Waals surface area contributed by atoms with Gasteiger partial charge in [0.25, 0.3) is 0 Å². The maximum atomic E-state index is 12.1. The molecule has 0 aliphatic heterocycles. The SMILES string of the molecule is CCS(=O)(=O)Oc1ccc(-c2cc(NC(=O)C3CC3)nc3[nH]ccc23)cc1. The van der Waals surface area contributed by atoms with Crippen LogP contribution in [0.2, 0.25) is 0 Å². The topological polar surface area (TPSA) is 101 Å². The number of fused-ring (bicyclic) bond motifs is 1. The van der Waals surface area contributed by atoms with Gasteiger partial charge >= 0.3 is 10.1 Å². The zero-order valence-corrected chi connectivity index (χ0v) is 15.5. The van der Waals surface area contributed by atoms with Gasteiger partial charge in [0.2, 0.25) is 5.91 Å². The average molecular weight is 385 g/mol. The number of carbonyl (C=O) groups excluding carboxylic acids is 1. The minimum atomic E-state index is -3.56. The van der Waals surface area contributed by atoms with Crippen LogP contribution in [-0.2, 0) is 14.9 Å². The molecule has 0 unspecified atom stereocenters. The van der Waals surface area contributed by atoms with Gasteiger partial charge in [0.05, 0.1) is 5.75 Å². The van der Waals surface area contributed by atoms with Crippen LogP contribution in [-0.4, -0.2) is 30.0 Å².